The second-order valence-corrected chi connectivity index (χ2v) is 15.5. The topological polar surface area (TPSA) is 186 Å². The molecule has 0 spiro atoms. The Morgan fingerprint density at radius 2 is 1.02 bits per heavy atom. The summed E-state index contributed by atoms with van der Waals surface area (Å²) < 4.78 is 53.7. The van der Waals surface area contributed by atoms with E-state index in [1.807, 2.05) is 0 Å². The maximum absolute atomic E-state index is 12.7. The Labute approximate surface area is 302 Å². The maximum atomic E-state index is 12.7. The molecule has 0 bridgehead atoms. The molecular formula is C37H70O12S. The smallest absolute Gasteiger partial charge is 0.306 e. The summed E-state index contributed by atoms with van der Waals surface area (Å²) in [6, 6.07) is 0. The predicted molar refractivity (Wildman–Crippen MR) is 192 cm³/mol. The molecule has 1 saturated heterocycles. The Morgan fingerprint density at radius 1 is 0.600 bits per heavy atom. The van der Waals surface area contributed by atoms with Gasteiger partial charge in [-0.15, -0.1) is 0 Å². The maximum Gasteiger partial charge on any atom is 0.306 e. The minimum atomic E-state index is -4.59. The molecule has 0 aromatic rings. The third-order valence-electron chi connectivity index (χ3n) is 9.19. The van der Waals surface area contributed by atoms with Crippen LogP contribution in [0.2, 0.25) is 0 Å². The van der Waals surface area contributed by atoms with Crippen molar-refractivity contribution in [1.82, 2.24) is 0 Å². The molecule has 6 atom stereocenters. The Hall–Kier alpha value is -1.35. The summed E-state index contributed by atoms with van der Waals surface area (Å²) in [6.45, 7) is 3.71. The van der Waals surface area contributed by atoms with Gasteiger partial charge in [-0.1, -0.05) is 142 Å². The SMILES string of the molecule is CCCCCCCCCCCCCCCC(=O)O[C@H](COC(=O)CCCCCCCCCCC)CO[C@H]1O[C@@H](CS(=O)(=O)O)[C@@H](O)[C@H](O)[C@H]1O. The Bertz CT molecular complexity index is 962. The summed E-state index contributed by atoms with van der Waals surface area (Å²) in [6.07, 6.45) is 16.0. The fourth-order valence-electron chi connectivity index (χ4n) is 6.09. The molecule has 0 aromatic carbocycles. The molecule has 0 aliphatic carbocycles. The zero-order valence-corrected chi connectivity index (χ0v) is 31.8. The molecule has 0 saturated carbocycles. The summed E-state index contributed by atoms with van der Waals surface area (Å²) in [5, 5.41) is 30.7. The lowest BCUT2D eigenvalue weighted by Gasteiger charge is -2.40. The minimum absolute atomic E-state index is 0.171. The predicted octanol–water partition coefficient (Wildman–Crippen LogP) is 6.56. The fraction of sp³-hybridized carbons (Fsp3) is 0.946. The molecule has 1 aliphatic rings. The molecule has 0 unspecified atom stereocenters. The van der Waals surface area contributed by atoms with Gasteiger partial charge in [-0.25, -0.2) is 0 Å². The lowest BCUT2D eigenvalue weighted by atomic mass is 10.00. The summed E-state index contributed by atoms with van der Waals surface area (Å²) >= 11 is 0. The van der Waals surface area contributed by atoms with Crippen LogP contribution in [0.5, 0.6) is 0 Å². The van der Waals surface area contributed by atoms with Crippen LogP contribution in [0.1, 0.15) is 168 Å². The van der Waals surface area contributed by atoms with E-state index in [4.69, 9.17) is 18.9 Å². The number of esters is 2. The fourth-order valence-corrected chi connectivity index (χ4v) is 6.78. The summed E-state index contributed by atoms with van der Waals surface area (Å²) in [5.41, 5.74) is 0. The van der Waals surface area contributed by atoms with E-state index < -0.39 is 71.2 Å². The number of ether oxygens (including phenoxy) is 4. The third kappa shape index (κ3) is 24.0. The standard InChI is InChI=1S/C37H70O12S/c1-3-5-7-9-11-13-14-15-16-18-20-22-24-26-33(39)48-30(27-46-32(38)25-23-21-19-17-12-10-8-6-4-2)28-47-37-36(42)35(41)34(40)31(49-37)29-50(43,44)45/h30-31,34-37,40-42H,3-29H2,1-2H3,(H,43,44,45)/t30-,31+,34-,35+,36-,37+/m1/s1. The van der Waals surface area contributed by atoms with Crippen LogP contribution in [0, 0.1) is 0 Å². The van der Waals surface area contributed by atoms with Crippen molar-refractivity contribution in [2.45, 2.75) is 205 Å². The average molecular weight is 739 g/mol. The molecule has 1 rings (SSSR count). The lowest BCUT2D eigenvalue weighted by molar-refractivity contribution is -0.297. The first kappa shape index (κ1) is 46.7. The van der Waals surface area contributed by atoms with Gasteiger partial charge in [-0.2, -0.15) is 8.42 Å². The van der Waals surface area contributed by atoms with Crippen LogP contribution in [-0.2, 0) is 38.7 Å². The number of aliphatic hydroxyl groups excluding tert-OH is 3. The van der Waals surface area contributed by atoms with Crippen molar-refractivity contribution in [2.24, 2.45) is 0 Å². The van der Waals surface area contributed by atoms with E-state index in [1.165, 1.54) is 89.9 Å². The van der Waals surface area contributed by atoms with Crippen LogP contribution in [0.4, 0.5) is 0 Å². The first-order valence-corrected chi connectivity index (χ1v) is 21.2. The first-order valence-electron chi connectivity index (χ1n) is 19.6. The highest BCUT2D eigenvalue weighted by Crippen LogP contribution is 2.24. The molecule has 0 aromatic heterocycles. The van der Waals surface area contributed by atoms with Crippen LogP contribution in [-0.4, -0.2) is 96.0 Å². The van der Waals surface area contributed by atoms with Crippen molar-refractivity contribution in [3.05, 3.63) is 0 Å². The number of aliphatic hydroxyl groups is 3. The van der Waals surface area contributed by atoms with Gasteiger partial charge in [0.15, 0.2) is 12.4 Å². The second kappa shape index (κ2) is 29.1. The number of hydrogen-bond donors (Lipinski definition) is 4. The quantitative estimate of drug-likeness (QED) is 0.0332. The van der Waals surface area contributed by atoms with Gasteiger partial charge in [0.25, 0.3) is 10.1 Å². The van der Waals surface area contributed by atoms with Crippen LogP contribution >= 0.6 is 0 Å². The normalized spacial score (nSPS) is 21.6. The molecule has 13 heteroatoms. The number of carbonyl (C=O) groups excluding carboxylic acids is 2. The van der Waals surface area contributed by atoms with Gasteiger partial charge >= 0.3 is 11.9 Å². The van der Waals surface area contributed by atoms with Gasteiger partial charge in [0.1, 0.15) is 36.8 Å². The molecule has 1 fully saturated rings. The second-order valence-electron chi connectivity index (χ2n) is 14.0. The molecule has 0 amide bonds. The first-order chi connectivity index (χ1) is 24.0. The minimum Gasteiger partial charge on any atom is -0.462 e. The zero-order chi connectivity index (χ0) is 37.0. The van der Waals surface area contributed by atoms with Crippen molar-refractivity contribution in [1.29, 1.82) is 0 Å². The number of carbonyl (C=O) groups is 2. The molecule has 12 nitrogen and oxygen atoms in total. The van der Waals surface area contributed by atoms with Crippen LogP contribution in [0.25, 0.3) is 0 Å². The monoisotopic (exact) mass is 738 g/mol. The van der Waals surface area contributed by atoms with E-state index in [1.54, 1.807) is 0 Å². The molecule has 50 heavy (non-hydrogen) atoms. The van der Waals surface area contributed by atoms with Crippen LogP contribution in [0.3, 0.4) is 0 Å². The molecular weight excluding hydrogens is 668 g/mol. The van der Waals surface area contributed by atoms with Gasteiger partial charge in [0.2, 0.25) is 0 Å². The third-order valence-corrected chi connectivity index (χ3v) is 9.94. The Balaban J connectivity index is 2.51. The van der Waals surface area contributed by atoms with Gasteiger partial charge < -0.3 is 34.3 Å². The van der Waals surface area contributed by atoms with E-state index in [2.05, 4.69) is 13.8 Å². The Kier molecular flexibility index (Phi) is 27.2. The molecule has 1 aliphatic heterocycles. The van der Waals surface area contributed by atoms with Crippen molar-refractivity contribution < 1.29 is 56.8 Å². The van der Waals surface area contributed by atoms with Crippen LogP contribution < -0.4 is 0 Å². The van der Waals surface area contributed by atoms with Gasteiger partial charge in [0, 0.05) is 12.8 Å². The summed E-state index contributed by atoms with van der Waals surface area (Å²) in [4.78, 5) is 25.2. The highest BCUT2D eigenvalue weighted by molar-refractivity contribution is 7.85. The molecule has 0 radical (unpaired) electrons. The van der Waals surface area contributed by atoms with Crippen molar-refractivity contribution in [3.63, 3.8) is 0 Å². The molecule has 4 N–H and O–H groups in total. The van der Waals surface area contributed by atoms with Crippen molar-refractivity contribution in [3.8, 4) is 0 Å². The Morgan fingerprint density at radius 3 is 1.46 bits per heavy atom. The zero-order valence-electron chi connectivity index (χ0n) is 31.0. The largest absolute Gasteiger partial charge is 0.462 e. The van der Waals surface area contributed by atoms with Gasteiger partial charge in [-0.3, -0.25) is 14.1 Å². The number of hydrogen-bond acceptors (Lipinski definition) is 11. The highest BCUT2D eigenvalue weighted by Gasteiger charge is 2.46. The van der Waals surface area contributed by atoms with Crippen LogP contribution in [0.15, 0.2) is 0 Å². The van der Waals surface area contributed by atoms with E-state index in [0.29, 0.717) is 12.8 Å². The van der Waals surface area contributed by atoms with Gasteiger partial charge in [0.05, 0.1) is 6.61 Å². The number of rotatable bonds is 32. The van der Waals surface area contributed by atoms with E-state index in [0.717, 1.165) is 38.5 Å². The van der Waals surface area contributed by atoms with E-state index in [-0.39, 0.29) is 19.4 Å². The van der Waals surface area contributed by atoms with Crippen molar-refractivity contribution in [2.75, 3.05) is 19.0 Å². The molecule has 1 heterocycles. The number of unbranched alkanes of at least 4 members (excludes halogenated alkanes) is 20. The van der Waals surface area contributed by atoms with Gasteiger partial charge in [-0.05, 0) is 12.8 Å². The lowest BCUT2D eigenvalue weighted by Crippen LogP contribution is -2.60. The summed E-state index contributed by atoms with van der Waals surface area (Å²) in [7, 11) is -4.59. The molecule has 296 valence electrons. The van der Waals surface area contributed by atoms with E-state index >= 15 is 0 Å². The van der Waals surface area contributed by atoms with E-state index in [9.17, 15) is 37.9 Å². The average Bonchev–Trinajstić information content (AvgIpc) is 3.07. The summed E-state index contributed by atoms with van der Waals surface area (Å²) in [5.74, 6) is -1.97. The highest BCUT2D eigenvalue weighted by atomic mass is 32.2. The van der Waals surface area contributed by atoms with Crippen molar-refractivity contribution >= 4 is 22.1 Å².